The molecular formula is C20H25N5O2S. The summed E-state index contributed by atoms with van der Waals surface area (Å²) in [6.07, 6.45) is 2.71. The van der Waals surface area contributed by atoms with Crippen molar-refractivity contribution in [3.05, 3.63) is 45.9 Å². The molecule has 0 radical (unpaired) electrons. The predicted octanol–water partition coefficient (Wildman–Crippen LogP) is 1.26. The van der Waals surface area contributed by atoms with Crippen LogP contribution in [0, 0.1) is 0 Å². The molecule has 0 bridgehead atoms. The first kappa shape index (κ1) is 18.9. The number of rotatable bonds is 5. The maximum Gasteiger partial charge on any atom is 0.270 e. The van der Waals surface area contributed by atoms with Gasteiger partial charge in [-0.1, -0.05) is 0 Å². The number of amides is 2. The first-order valence-corrected chi connectivity index (χ1v) is 10.5. The second-order valence-electron chi connectivity index (χ2n) is 7.32. The fourth-order valence-electron chi connectivity index (χ4n) is 3.71. The summed E-state index contributed by atoms with van der Waals surface area (Å²) in [7, 11) is 0. The molecule has 28 heavy (non-hydrogen) atoms. The fraction of sp³-hybridized carbons (Fsp3) is 0.450. The average Bonchev–Trinajstić information content (AvgIpc) is 3.19. The second kappa shape index (κ2) is 8.28. The van der Waals surface area contributed by atoms with Gasteiger partial charge in [0, 0.05) is 55.5 Å². The molecule has 148 valence electrons. The van der Waals surface area contributed by atoms with Crippen molar-refractivity contribution >= 4 is 28.8 Å². The highest BCUT2D eigenvalue weighted by Gasteiger charge is 2.22. The number of nitrogens with one attached hydrogen (secondary N) is 2. The van der Waals surface area contributed by atoms with Gasteiger partial charge < -0.3 is 15.5 Å². The highest BCUT2D eigenvalue weighted by molar-refractivity contribution is 7.10. The van der Waals surface area contributed by atoms with Gasteiger partial charge in [0.05, 0.1) is 6.54 Å². The zero-order valence-corrected chi connectivity index (χ0v) is 16.8. The Morgan fingerprint density at radius 1 is 1.36 bits per heavy atom. The molecule has 4 heterocycles. The van der Waals surface area contributed by atoms with E-state index in [0.29, 0.717) is 25.3 Å². The molecule has 2 aliphatic heterocycles. The molecule has 0 spiro atoms. The van der Waals surface area contributed by atoms with Crippen LogP contribution < -0.4 is 15.5 Å². The summed E-state index contributed by atoms with van der Waals surface area (Å²) in [5.41, 5.74) is 2.65. The van der Waals surface area contributed by atoms with E-state index in [-0.39, 0.29) is 17.9 Å². The van der Waals surface area contributed by atoms with Crippen LogP contribution in [0.4, 0.5) is 5.69 Å². The second-order valence-corrected chi connectivity index (χ2v) is 8.32. The van der Waals surface area contributed by atoms with Crippen LogP contribution in [0.25, 0.3) is 0 Å². The largest absolute Gasteiger partial charge is 0.360 e. The number of thiophene rings is 1. The first-order valence-electron chi connectivity index (χ1n) is 9.65. The Bertz CT molecular complexity index is 868. The first-order chi connectivity index (χ1) is 13.6. The monoisotopic (exact) mass is 399 g/mol. The van der Waals surface area contributed by atoms with Gasteiger partial charge in [0.1, 0.15) is 5.69 Å². The van der Waals surface area contributed by atoms with Crippen LogP contribution in [0.3, 0.4) is 0 Å². The molecule has 2 aromatic rings. The van der Waals surface area contributed by atoms with Gasteiger partial charge in [-0.15, -0.1) is 11.3 Å². The van der Waals surface area contributed by atoms with Crippen molar-refractivity contribution in [3.63, 3.8) is 0 Å². The smallest absolute Gasteiger partial charge is 0.270 e. The van der Waals surface area contributed by atoms with E-state index in [4.69, 9.17) is 0 Å². The molecule has 2 aromatic heterocycles. The van der Waals surface area contributed by atoms with Crippen LogP contribution >= 0.6 is 11.3 Å². The van der Waals surface area contributed by atoms with Gasteiger partial charge in [-0.25, -0.2) is 0 Å². The van der Waals surface area contributed by atoms with Crippen molar-refractivity contribution in [2.75, 3.05) is 37.6 Å². The molecule has 7 nitrogen and oxygen atoms in total. The lowest BCUT2D eigenvalue weighted by atomic mass is 10.1. The van der Waals surface area contributed by atoms with Gasteiger partial charge in [-0.3, -0.25) is 19.5 Å². The third kappa shape index (κ3) is 4.18. The number of hydrogen-bond acceptors (Lipinski definition) is 6. The van der Waals surface area contributed by atoms with Crippen molar-refractivity contribution in [3.8, 4) is 0 Å². The Hall–Kier alpha value is -2.45. The van der Waals surface area contributed by atoms with Gasteiger partial charge >= 0.3 is 0 Å². The minimum absolute atomic E-state index is 0.00167. The number of carbonyl (C=O) groups excluding carboxylic acids is 2. The van der Waals surface area contributed by atoms with E-state index >= 15 is 0 Å². The quantitative estimate of drug-likeness (QED) is 0.792. The normalized spacial score (nSPS) is 18.3. The summed E-state index contributed by atoms with van der Waals surface area (Å²) in [4.78, 5) is 34.3. The molecule has 2 N–H and O–H groups in total. The predicted molar refractivity (Wildman–Crippen MR) is 110 cm³/mol. The Morgan fingerprint density at radius 3 is 3.11 bits per heavy atom. The maximum absolute atomic E-state index is 12.6. The summed E-state index contributed by atoms with van der Waals surface area (Å²) in [5.74, 6) is -0.179. The molecule has 1 fully saturated rings. The van der Waals surface area contributed by atoms with Gasteiger partial charge in [-0.05, 0) is 42.5 Å². The zero-order chi connectivity index (χ0) is 19.5. The molecule has 0 aliphatic carbocycles. The summed E-state index contributed by atoms with van der Waals surface area (Å²) in [6.45, 7) is 6.34. The molecule has 4 rings (SSSR count). The number of carbonyl (C=O) groups is 2. The Labute approximate surface area is 168 Å². The van der Waals surface area contributed by atoms with Crippen LogP contribution in [0.2, 0.25) is 0 Å². The van der Waals surface area contributed by atoms with Crippen molar-refractivity contribution in [1.29, 1.82) is 0 Å². The number of hydrogen-bond donors (Lipinski definition) is 2. The van der Waals surface area contributed by atoms with Crippen molar-refractivity contribution < 1.29 is 9.59 Å². The maximum atomic E-state index is 12.6. The van der Waals surface area contributed by atoms with Crippen LogP contribution in [0.1, 0.15) is 27.9 Å². The van der Waals surface area contributed by atoms with Crippen LogP contribution in [0.5, 0.6) is 0 Å². The average molecular weight is 400 g/mol. The Kier molecular flexibility index (Phi) is 5.59. The molecular weight excluding hydrogens is 374 g/mol. The third-order valence-corrected chi connectivity index (χ3v) is 6.42. The number of aromatic nitrogens is 1. The van der Waals surface area contributed by atoms with E-state index in [1.807, 2.05) is 22.3 Å². The topological polar surface area (TPSA) is 77.6 Å². The number of nitrogens with zero attached hydrogens (tertiary/aromatic N) is 3. The van der Waals surface area contributed by atoms with Crippen molar-refractivity contribution in [2.24, 2.45) is 0 Å². The molecule has 1 unspecified atom stereocenters. The third-order valence-electron chi connectivity index (χ3n) is 5.40. The number of anilines is 1. The van der Waals surface area contributed by atoms with Gasteiger partial charge in [0.25, 0.3) is 5.91 Å². The standard InChI is InChI=1S/C20H25N5O2S/c1-14(24-7-3-18-15(12-24)4-9-28-18)11-23-20(27)17-10-16(2-5-21-17)25-8-6-22-19(26)13-25/h2,4-5,9-10,14H,3,6-8,11-13H2,1H3,(H,22,26)(H,23,27). The van der Waals surface area contributed by atoms with E-state index in [1.165, 1.54) is 10.4 Å². The number of fused-ring (bicyclic) bond motifs is 1. The van der Waals surface area contributed by atoms with Crippen molar-refractivity contribution in [2.45, 2.75) is 25.9 Å². The van der Waals surface area contributed by atoms with E-state index in [2.05, 4.69) is 38.9 Å². The van der Waals surface area contributed by atoms with E-state index < -0.39 is 0 Å². The van der Waals surface area contributed by atoms with E-state index in [1.54, 1.807) is 12.3 Å². The summed E-state index contributed by atoms with van der Waals surface area (Å²) in [5, 5.41) is 7.98. The lowest BCUT2D eigenvalue weighted by Crippen LogP contribution is -2.47. The van der Waals surface area contributed by atoms with Gasteiger partial charge in [-0.2, -0.15) is 0 Å². The SMILES string of the molecule is CC(CNC(=O)c1cc(N2CCNC(=O)C2)ccn1)N1CCc2sccc2C1. The molecule has 2 aliphatic rings. The summed E-state index contributed by atoms with van der Waals surface area (Å²) in [6, 6.07) is 6.06. The lowest BCUT2D eigenvalue weighted by molar-refractivity contribution is -0.120. The van der Waals surface area contributed by atoms with Crippen LogP contribution in [-0.4, -0.2) is 60.5 Å². The van der Waals surface area contributed by atoms with Crippen LogP contribution in [0.15, 0.2) is 29.8 Å². The zero-order valence-electron chi connectivity index (χ0n) is 16.0. The Morgan fingerprint density at radius 2 is 2.25 bits per heavy atom. The fourth-order valence-corrected chi connectivity index (χ4v) is 4.60. The minimum Gasteiger partial charge on any atom is -0.360 e. The molecule has 0 saturated carbocycles. The number of piperazine rings is 1. The summed E-state index contributed by atoms with van der Waals surface area (Å²) >= 11 is 1.83. The highest BCUT2D eigenvalue weighted by atomic mass is 32.1. The van der Waals surface area contributed by atoms with E-state index in [0.717, 1.165) is 31.7 Å². The molecule has 1 saturated heterocycles. The van der Waals surface area contributed by atoms with Gasteiger partial charge in [0.15, 0.2) is 0 Å². The highest BCUT2D eigenvalue weighted by Crippen LogP contribution is 2.25. The molecule has 8 heteroatoms. The van der Waals surface area contributed by atoms with E-state index in [9.17, 15) is 9.59 Å². The molecule has 1 atom stereocenters. The minimum atomic E-state index is -0.177. The Balaban J connectivity index is 1.34. The lowest BCUT2D eigenvalue weighted by Gasteiger charge is -2.32. The molecule has 0 aromatic carbocycles. The summed E-state index contributed by atoms with van der Waals surface area (Å²) < 4.78 is 0. The van der Waals surface area contributed by atoms with Crippen molar-refractivity contribution in [1.82, 2.24) is 20.5 Å². The van der Waals surface area contributed by atoms with Gasteiger partial charge in [0.2, 0.25) is 5.91 Å². The van der Waals surface area contributed by atoms with Crippen LogP contribution in [-0.2, 0) is 17.8 Å². The molecule has 2 amide bonds. The number of pyridine rings is 1.